The Hall–Kier alpha value is -2.33. The summed E-state index contributed by atoms with van der Waals surface area (Å²) in [5.74, 6) is -1.12. The van der Waals surface area contributed by atoms with E-state index in [1.165, 1.54) is 6.07 Å². The van der Waals surface area contributed by atoms with E-state index < -0.39 is 24.4 Å². The number of carbonyl (C=O) groups is 2. The van der Waals surface area contributed by atoms with Crippen molar-refractivity contribution >= 4 is 33.7 Å². The summed E-state index contributed by atoms with van der Waals surface area (Å²) in [5, 5.41) is 21.4. The number of nitrogens with one attached hydrogen (secondary N) is 2. The van der Waals surface area contributed by atoms with Gasteiger partial charge < -0.3 is 15.5 Å². The molecule has 0 unspecified atom stereocenters. The molecular weight excluding hydrogens is 387 g/mol. The van der Waals surface area contributed by atoms with Crippen LogP contribution in [-0.2, 0) is 11.3 Å². The van der Waals surface area contributed by atoms with Gasteiger partial charge in [-0.2, -0.15) is 0 Å². The van der Waals surface area contributed by atoms with Crippen LogP contribution in [0.5, 0.6) is 0 Å². The molecule has 0 spiro atoms. The third-order valence-corrected chi connectivity index (χ3v) is 5.53. The molecule has 1 aliphatic carbocycles. The summed E-state index contributed by atoms with van der Waals surface area (Å²) in [6, 6.07) is 4.68. The molecule has 0 radical (unpaired) electrons. The van der Waals surface area contributed by atoms with E-state index in [2.05, 4.69) is 10.8 Å². The molecule has 4 N–H and O–H groups in total. The largest absolute Gasteiger partial charge is 0.394 e. The second-order valence-electron chi connectivity index (χ2n) is 6.58. The number of benzene rings is 1. The van der Waals surface area contributed by atoms with Crippen LogP contribution in [0.25, 0.3) is 0 Å². The number of amides is 1. The number of carbonyl (C=O) groups excluding carboxylic acids is 2. The Kier molecular flexibility index (Phi) is 6.40. The van der Waals surface area contributed by atoms with E-state index >= 15 is 0 Å². The van der Waals surface area contributed by atoms with E-state index in [1.807, 2.05) is 0 Å². The molecule has 0 saturated carbocycles. The molecule has 1 heterocycles. The monoisotopic (exact) mass is 408 g/mol. The molecule has 1 atom stereocenters. The summed E-state index contributed by atoms with van der Waals surface area (Å²) in [6.07, 6.45) is 0.465. The number of rotatable bonds is 7. The predicted molar refractivity (Wildman–Crippen MR) is 103 cm³/mol. The van der Waals surface area contributed by atoms with E-state index in [0.717, 1.165) is 16.9 Å². The molecule has 0 saturated heterocycles. The molecule has 1 aromatic heterocycles. The van der Waals surface area contributed by atoms with Crippen molar-refractivity contribution in [1.82, 2.24) is 5.48 Å². The molecule has 2 aromatic rings. The fraction of sp³-hybridized carbons (Fsp3) is 0.368. The Labute approximate surface area is 165 Å². The molecule has 0 aliphatic heterocycles. The Morgan fingerprint density at radius 1 is 1.39 bits per heavy atom. The van der Waals surface area contributed by atoms with Crippen LogP contribution in [-0.4, -0.2) is 41.2 Å². The fourth-order valence-electron chi connectivity index (χ4n) is 2.95. The first-order valence-electron chi connectivity index (χ1n) is 8.83. The van der Waals surface area contributed by atoms with Crippen molar-refractivity contribution in [2.24, 2.45) is 0 Å². The highest BCUT2D eigenvalue weighted by Gasteiger charge is 2.30. The number of aliphatic hydroxyl groups excluding tert-OH is 2. The Morgan fingerprint density at radius 3 is 2.89 bits per heavy atom. The van der Waals surface area contributed by atoms with Crippen molar-refractivity contribution in [3.8, 4) is 0 Å². The smallest absolute Gasteiger partial charge is 0.278 e. The molecule has 3 rings (SSSR count). The summed E-state index contributed by atoms with van der Waals surface area (Å²) >= 11 is 1.12. The first kappa shape index (κ1) is 20.4. The first-order valence-corrected chi connectivity index (χ1v) is 9.65. The molecule has 1 aromatic carbocycles. The van der Waals surface area contributed by atoms with Crippen LogP contribution in [0.3, 0.4) is 0 Å². The van der Waals surface area contributed by atoms with Gasteiger partial charge in [0.25, 0.3) is 5.91 Å². The number of hydrogen-bond acceptors (Lipinski definition) is 7. The number of aliphatic hydroxyl groups is 2. The highest BCUT2D eigenvalue weighted by molar-refractivity contribution is 7.18. The van der Waals surface area contributed by atoms with Gasteiger partial charge in [-0.05, 0) is 43.0 Å². The van der Waals surface area contributed by atoms with Gasteiger partial charge in [-0.15, -0.1) is 11.3 Å². The maximum atomic E-state index is 14.3. The maximum absolute atomic E-state index is 14.3. The molecule has 28 heavy (non-hydrogen) atoms. The molecule has 150 valence electrons. The molecular formula is C19H21FN2O5S. The zero-order chi connectivity index (χ0) is 20.3. The minimum absolute atomic E-state index is 0.0469. The van der Waals surface area contributed by atoms with Gasteiger partial charge in [-0.3, -0.25) is 14.4 Å². The number of halogens is 1. The van der Waals surface area contributed by atoms with Gasteiger partial charge in [0.1, 0.15) is 23.5 Å². The maximum Gasteiger partial charge on any atom is 0.278 e. The summed E-state index contributed by atoms with van der Waals surface area (Å²) in [7, 11) is 0. The number of fused-ring (bicyclic) bond motifs is 1. The molecule has 0 fully saturated rings. The second-order valence-corrected chi connectivity index (χ2v) is 7.60. The average Bonchev–Trinajstić information content (AvgIpc) is 3.03. The minimum atomic E-state index is -1.13. The number of hydrogen-bond donors (Lipinski definition) is 4. The molecule has 9 heteroatoms. The number of thiophene rings is 1. The molecule has 7 nitrogen and oxygen atoms in total. The van der Waals surface area contributed by atoms with Gasteiger partial charge in [-0.1, -0.05) is 6.07 Å². The number of ketones is 1. The molecule has 0 bridgehead atoms. The number of anilines is 2. The lowest BCUT2D eigenvalue weighted by molar-refractivity contribution is -0.0295. The summed E-state index contributed by atoms with van der Waals surface area (Å²) in [6.45, 7) is 0.979. The zero-order valence-corrected chi connectivity index (χ0v) is 16.1. The van der Waals surface area contributed by atoms with Crippen LogP contribution in [0.1, 0.15) is 44.0 Å². The minimum Gasteiger partial charge on any atom is -0.394 e. The van der Waals surface area contributed by atoms with Gasteiger partial charge >= 0.3 is 0 Å². The third kappa shape index (κ3) is 4.39. The Bertz CT molecular complexity index is 899. The average molecular weight is 408 g/mol. The summed E-state index contributed by atoms with van der Waals surface area (Å²) in [4.78, 5) is 30.4. The third-order valence-electron chi connectivity index (χ3n) is 4.34. The summed E-state index contributed by atoms with van der Waals surface area (Å²) < 4.78 is 14.3. The standard InChI is InChI=1S/C19H21FN2O5S/c1-10-5-6-14(13(20)7-10)21-19-16(18(26)22-27-9-11(24)8-23)12-3-2-4-15(25)17(12)28-19/h5-7,11,21,23-24H,2-4,8-9H2,1H3,(H,22,26)/t11-/m1/s1. The predicted octanol–water partition coefficient (Wildman–Crippen LogP) is 2.47. The number of aryl methyl sites for hydroxylation is 1. The highest BCUT2D eigenvalue weighted by atomic mass is 32.1. The van der Waals surface area contributed by atoms with Crippen molar-refractivity contribution < 1.29 is 29.0 Å². The Balaban J connectivity index is 1.90. The van der Waals surface area contributed by atoms with Crippen molar-refractivity contribution in [2.75, 3.05) is 18.5 Å². The van der Waals surface area contributed by atoms with Crippen molar-refractivity contribution in [3.63, 3.8) is 0 Å². The van der Waals surface area contributed by atoms with E-state index in [9.17, 15) is 19.1 Å². The number of hydroxylamine groups is 1. The van der Waals surface area contributed by atoms with Crippen LogP contribution in [0, 0.1) is 12.7 Å². The normalized spacial score (nSPS) is 14.5. The van der Waals surface area contributed by atoms with Gasteiger partial charge in [-0.25, -0.2) is 9.87 Å². The van der Waals surface area contributed by atoms with Gasteiger partial charge in [0.05, 0.1) is 22.7 Å². The van der Waals surface area contributed by atoms with Gasteiger partial charge in [0.2, 0.25) is 0 Å². The summed E-state index contributed by atoms with van der Waals surface area (Å²) in [5.41, 5.74) is 4.01. The van der Waals surface area contributed by atoms with Crippen LogP contribution in [0.2, 0.25) is 0 Å². The lowest BCUT2D eigenvalue weighted by atomic mass is 9.94. The SMILES string of the molecule is Cc1ccc(Nc2sc3c(c2C(=O)NOC[C@H](O)CO)CCCC3=O)c(F)c1. The number of Topliss-reactive ketones (excluding diaryl/α,β-unsaturated/α-hetero) is 1. The van der Waals surface area contributed by atoms with Crippen LogP contribution in [0.15, 0.2) is 18.2 Å². The van der Waals surface area contributed by atoms with Crippen LogP contribution >= 0.6 is 11.3 Å². The van der Waals surface area contributed by atoms with E-state index in [0.29, 0.717) is 34.7 Å². The zero-order valence-electron chi connectivity index (χ0n) is 15.3. The molecule has 1 aliphatic rings. The van der Waals surface area contributed by atoms with E-state index in [1.54, 1.807) is 19.1 Å². The quantitative estimate of drug-likeness (QED) is 0.524. The Morgan fingerprint density at radius 2 is 2.18 bits per heavy atom. The van der Waals surface area contributed by atoms with Gasteiger partial charge in [0.15, 0.2) is 5.78 Å². The lowest BCUT2D eigenvalue weighted by Gasteiger charge is -2.14. The van der Waals surface area contributed by atoms with Gasteiger partial charge in [0, 0.05) is 6.42 Å². The second kappa shape index (κ2) is 8.78. The van der Waals surface area contributed by atoms with Crippen molar-refractivity contribution in [1.29, 1.82) is 0 Å². The molecule has 1 amide bonds. The van der Waals surface area contributed by atoms with Crippen molar-refractivity contribution in [3.05, 3.63) is 45.6 Å². The fourth-order valence-corrected chi connectivity index (χ4v) is 4.17. The van der Waals surface area contributed by atoms with Crippen molar-refractivity contribution in [2.45, 2.75) is 32.3 Å². The lowest BCUT2D eigenvalue weighted by Crippen LogP contribution is -2.30. The first-order chi connectivity index (χ1) is 13.4. The van der Waals surface area contributed by atoms with Crippen LogP contribution in [0.4, 0.5) is 15.1 Å². The highest BCUT2D eigenvalue weighted by Crippen LogP contribution is 2.39. The van der Waals surface area contributed by atoms with Crippen LogP contribution < -0.4 is 10.8 Å². The van der Waals surface area contributed by atoms with E-state index in [-0.39, 0.29) is 23.6 Å². The van der Waals surface area contributed by atoms with E-state index in [4.69, 9.17) is 9.94 Å². The topological polar surface area (TPSA) is 108 Å².